The lowest BCUT2D eigenvalue weighted by Gasteiger charge is -2.10. The fourth-order valence-electron chi connectivity index (χ4n) is 1.60. The number of thiol groups is 1. The molecular weight excluding hydrogens is 250 g/mol. The second-order valence-corrected chi connectivity index (χ2v) is 4.91. The maximum absolute atomic E-state index is 10.9. The van der Waals surface area contributed by atoms with E-state index in [9.17, 15) is 10.1 Å². The van der Waals surface area contributed by atoms with Crippen LogP contribution in [0, 0.1) is 10.1 Å². The van der Waals surface area contributed by atoms with Crippen molar-refractivity contribution < 1.29 is 4.92 Å². The van der Waals surface area contributed by atoms with E-state index in [0.29, 0.717) is 10.6 Å². The molecule has 18 heavy (non-hydrogen) atoms. The molecule has 0 fully saturated rings. The first kappa shape index (κ1) is 14.8. The zero-order valence-corrected chi connectivity index (χ0v) is 11.6. The zero-order chi connectivity index (χ0) is 13.5. The molecule has 0 spiro atoms. The van der Waals surface area contributed by atoms with Crippen LogP contribution < -0.4 is 5.32 Å². The Bertz CT molecular complexity index is 410. The van der Waals surface area contributed by atoms with Crippen LogP contribution in [0.3, 0.4) is 0 Å². The van der Waals surface area contributed by atoms with E-state index in [-0.39, 0.29) is 10.6 Å². The summed E-state index contributed by atoms with van der Waals surface area (Å²) < 4.78 is 0. The minimum absolute atomic E-state index is 0.0788. The van der Waals surface area contributed by atoms with Crippen LogP contribution in [0.25, 0.3) is 0 Å². The first-order chi connectivity index (χ1) is 8.50. The van der Waals surface area contributed by atoms with Crippen LogP contribution >= 0.6 is 12.6 Å². The number of nitrogens with zero attached hydrogens (tertiary/aromatic N) is 2. The Morgan fingerprint density at radius 1 is 1.39 bits per heavy atom. The maximum Gasteiger partial charge on any atom is 0.293 e. The summed E-state index contributed by atoms with van der Waals surface area (Å²) >= 11 is 4.11. The molecular formula is C12H19N3O2S. The molecule has 5 nitrogen and oxygen atoms in total. The van der Waals surface area contributed by atoms with Gasteiger partial charge in [0.15, 0.2) is 0 Å². The van der Waals surface area contributed by atoms with Crippen LogP contribution in [0.1, 0.15) is 12.8 Å². The van der Waals surface area contributed by atoms with Gasteiger partial charge in [0, 0.05) is 17.5 Å². The van der Waals surface area contributed by atoms with E-state index in [1.165, 1.54) is 6.07 Å². The standard InChI is InChI=1S/C12H19N3O2S/c1-14(2)8-4-3-7-13-11-6-5-10(18)9-12(11)15(16)17/h5-6,9,13,18H,3-4,7-8H2,1-2H3. The Kier molecular flexibility index (Phi) is 5.94. The summed E-state index contributed by atoms with van der Waals surface area (Å²) in [7, 11) is 4.06. The molecule has 100 valence electrons. The van der Waals surface area contributed by atoms with Crippen molar-refractivity contribution in [2.24, 2.45) is 0 Å². The summed E-state index contributed by atoms with van der Waals surface area (Å²) in [6.45, 7) is 1.76. The van der Waals surface area contributed by atoms with Crippen LogP contribution in [0.2, 0.25) is 0 Å². The number of unbranched alkanes of at least 4 members (excludes halogenated alkanes) is 1. The van der Waals surface area contributed by atoms with Gasteiger partial charge < -0.3 is 10.2 Å². The summed E-state index contributed by atoms with van der Waals surface area (Å²) in [5.41, 5.74) is 0.637. The second-order valence-electron chi connectivity index (χ2n) is 4.40. The van der Waals surface area contributed by atoms with E-state index in [0.717, 1.165) is 25.9 Å². The van der Waals surface area contributed by atoms with Crippen LogP contribution in [-0.4, -0.2) is 37.0 Å². The van der Waals surface area contributed by atoms with Crippen LogP contribution in [0.15, 0.2) is 23.1 Å². The van der Waals surface area contributed by atoms with Gasteiger partial charge in [0.05, 0.1) is 4.92 Å². The highest BCUT2D eigenvalue weighted by Crippen LogP contribution is 2.26. The van der Waals surface area contributed by atoms with E-state index in [2.05, 4.69) is 22.8 Å². The smallest absolute Gasteiger partial charge is 0.293 e. The van der Waals surface area contributed by atoms with E-state index in [1.807, 2.05) is 14.1 Å². The fourth-order valence-corrected chi connectivity index (χ4v) is 1.79. The summed E-state index contributed by atoms with van der Waals surface area (Å²) in [6.07, 6.45) is 2.05. The quantitative estimate of drug-likeness (QED) is 0.346. The molecule has 0 bridgehead atoms. The van der Waals surface area contributed by atoms with Gasteiger partial charge in [-0.2, -0.15) is 0 Å². The van der Waals surface area contributed by atoms with Gasteiger partial charge in [-0.15, -0.1) is 12.6 Å². The molecule has 0 aliphatic rings. The van der Waals surface area contributed by atoms with Crippen LogP contribution in [-0.2, 0) is 0 Å². The van der Waals surface area contributed by atoms with Gasteiger partial charge in [-0.25, -0.2) is 0 Å². The van der Waals surface area contributed by atoms with Crippen molar-refractivity contribution in [1.29, 1.82) is 0 Å². The molecule has 0 heterocycles. The molecule has 1 rings (SSSR count). The van der Waals surface area contributed by atoms with Gasteiger partial charge in [-0.3, -0.25) is 10.1 Å². The molecule has 0 saturated heterocycles. The maximum atomic E-state index is 10.9. The Morgan fingerprint density at radius 3 is 2.72 bits per heavy atom. The van der Waals surface area contributed by atoms with Gasteiger partial charge in [0.25, 0.3) is 5.69 Å². The fraction of sp³-hybridized carbons (Fsp3) is 0.500. The number of anilines is 1. The molecule has 0 aliphatic carbocycles. The molecule has 0 radical (unpaired) electrons. The topological polar surface area (TPSA) is 58.4 Å². The molecule has 1 aromatic carbocycles. The molecule has 1 aromatic rings. The monoisotopic (exact) mass is 269 g/mol. The average Bonchev–Trinajstić information content (AvgIpc) is 2.29. The summed E-state index contributed by atoms with van der Waals surface area (Å²) in [6, 6.07) is 4.91. The predicted octanol–water partition coefficient (Wildman–Crippen LogP) is 2.64. The largest absolute Gasteiger partial charge is 0.379 e. The lowest BCUT2D eigenvalue weighted by Crippen LogP contribution is -2.14. The molecule has 1 N–H and O–H groups in total. The van der Waals surface area contributed by atoms with E-state index >= 15 is 0 Å². The molecule has 0 unspecified atom stereocenters. The molecule has 0 aromatic heterocycles. The Balaban J connectivity index is 2.49. The lowest BCUT2D eigenvalue weighted by molar-refractivity contribution is -0.384. The predicted molar refractivity (Wildman–Crippen MR) is 76.6 cm³/mol. The normalized spacial score (nSPS) is 10.7. The summed E-state index contributed by atoms with van der Waals surface area (Å²) in [4.78, 5) is 13.2. The average molecular weight is 269 g/mol. The van der Waals surface area contributed by atoms with Crippen molar-refractivity contribution >= 4 is 24.0 Å². The molecule has 0 aliphatic heterocycles. The van der Waals surface area contributed by atoms with E-state index < -0.39 is 0 Å². The summed E-state index contributed by atoms with van der Waals surface area (Å²) in [5, 5.41) is 14.0. The Labute approximate surface area is 113 Å². The summed E-state index contributed by atoms with van der Waals surface area (Å²) in [5.74, 6) is 0. The Morgan fingerprint density at radius 2 is 2.11 bits per heavy atom. The van der Waals surface area contributed by atoms with Gasteiger partial charge >= 0.3 is 0 Å². The Hall–Kier alpha value is -1.27. The number of nitrogens with one attached hydrogen (secondary N) is 1. The van der Waals surface area contributed by atoms with E-state index in [1.54, 1.807) is 12.1 Å². The molecule has 6 heteroatoms. The third-order valence-electron chi connectivity index (χ3n) is 2.53. The van der Waals surface area contributed by atoms with E-state index in [4.69, 9.17) is 0 Å². The molecule has 0 atom stereocenters. The van der Waals surface area contributed by atoms with Crippen LogP contribution in [0.4, 0.5) is 11.4 Å². The number of nitro benzene ring substituents is 1. The molecule has 0 saturated carbocycles. The minimum Gasteiger partial charge on any atom is -0.379 e. The second kappa shape index (κ2) is 7.23. The van der Waals surface area contributed by atoms with Crippen molar-refractivity contribution in [3.05, 3.63) is 28.3 Å². The van der Waals surface area contributed by atoms with Crippen LogP contribution in [0.5, 0.6) is 0 Å². The van der Waals surface area contributed by atoms with Gasteiger partial charge in [0.2, 0.25) is 0 Å². The van der Waals surface area contributed by atoms with Gasteiger partial charge in [-0.1, -0.05) is 0 Å². The highest BCUT2D eigenvalue weighted by Gasteiger charge is 2.13. The van der Waals surface area contributed by atoms with Gasteiger partial charge in [0.1, 0.15) is 5.69 Å². The SMILES string of the molecule is CN(C)CCCCNc1ccc(S)cc1[N+](=O)[O-]. The molecule has 0 amide bonds. The number of hydrogen-bond donors (Lipinski definition) is 2. The number of hydrogen-bond acceptors (Lipinski definition) is 5. The van der Waals surface area contributed by atoms with Gasteiger partial charge in [-0.05, 0) is 45.6 Å². The third kappa shape index (κ3) is 4.93. The highest BCUT2D eigenvalue weighted by molar-refractivity contribution is 7.80. The van der Waals surface area contributed by atoms with Crippen molar-refractivity contribution in [3.8, 4) is 0 Å². The van der Waals surface area contributed by atoms with Crippen molar-refractivity contribution in [2.75, 3.05) is 32.5 Å². The lowest BCUT2D eigenvalue weighted by atomic mass is 10.2. The van der Waals surface area contributed by atoms with Crippen molar-refractivity contribution in [2.45, 2.75) is 17.7 Å². The zero-order valence-electron chi connectivity index (χ0n) is 10.7. The highest BCUT2D eigenvalue weighted by atomic mass is 32.1. The first-order valence-electron chi connectivity index (χ1n) is 5.86. The third-order valence-corrected chi connectivity index (χ3v) is 2.80. The van der Waals surface area contributed by atoms with Crippen molar-refractivity contribution in [1.82, 2.24) is 4.90 Å². The number of nitro groups is 1. The number of rotatable bonds is 7. The minimum atomic E-state index is -0.387. The number of benzene rings is 1. The first-order valence-corrected chi connectivity index (χ1v) is 6.31. The van der Waals surface area contributed by atoms with Crippen molar-refractivity contribution in [3.63, 3.8) is 0 Å².